The van der Waals surface area contributed by atoms with Crippen molar-refractivity contribution >= 4 is 23.5 Å². The molecular weight excluding hydrogens is 314 g/mol. The number of amides is 1. The van der Waals surface area contributed by atoms with E-state index in [4.69, 9.17) is 16.3 Å². The summed E-state index contributed by atoms with van der Waals surface area (Å²) >= 11 is 6.35. The molecule has 125 valence electrons. The molecule has 1 radical (unpaired) electrons. The van der Waals surface area contributed by atoms with Gasteiger partial charge in [0.25, 0.3) is 0 Å². The zero-order valence-corrected chi connectivity index (χ0v) is 14.6. The van der Waals surface area contributed by atoms with E-state index in [1.54, 1.807) is 13.1 Å². The number of hydrogen-bond donors (Lipinski definition) is 0. The Morgan fingerprint density at radius 2 is 2.04 bits per heavy atom. The summed E-state index contributed by atoms with van der Waals surface area (Å²) in [5.41, 5.74) is -0.367. The molecule has 0 aromatic heterocycles. The number of hydrogen-bond acceptors (Lipinski definition) is 3. The van der Waals surface area contributed by atoms with Crippen molar-refractivity contribution < 1.29 is 14.3 Å². The van der Waals surface area contributed by atoms with Gasteiger partial charge in [-0.25, -0.2) is 4.79 Å². The van der Waals surface area contributed by atoms with Crippen molar-refractivity contribution in [3.05, 3.63) is 41.5 Å². The molecule has 0 spiro atoms. The van der Waals surface area contributed by atoms with E-state index in [2.05, 4.69) is 0 Å². The van der Waals surface area contributed by atoms with Crippen molar-refractivity contribution in [1.82, 2.24) is 4.90 Å². The number of ether oxygens (including phenoxy) is 1. The summed E-state index contributed by atoms with van der Waals surface area (Å²) in [5.74, 6) is 0.131. The first kappa shape index (κ1) is 17.8. The Bertz CT molecular complexity index is 587. The summed E-state index contributed by atoms with van der Waals surface area (Å²) in [7, 11) is 1.61. The second-order valence-corrected chi connectivity index (χ2v) is 6.70. The minimum absolute atomic E-state index is 0.0147. The van der Waals surface area contributed by atoms with E-state index < -0.39 is 11.6 Å². The predicted octanol–water partition coefficient (Wildman–Crippen LogP) is 4.56. The van der Waals surface area contributed by atoms with Crippen molar-refractivity contribution in [3.63, 3.8) is 0 Å². The number of ketones is 1. The molecule has 0 bridgehead atoms. The van der Waals surface area contributed by atoms with E-state index in [1.807, 2.05) is 32.0 Å². The second-order valence-electron chi connectivity index (χ2n) is 6.29. The van der Waals surface area contributed by atoms with E-state index in [0.29, 0.717) is 23.4 Å². The Morgan fingerprint density at radius 1 is 1.35 bits per heavy atom. The van der Waals surface area contributed by atoms with Gasteiger partial charge in [0, 0.05) is 24.1 Å². The molecule has 1 aliphatic rings. The smallest absolute Gasteiger partial charge is 0.411 e. The normalized spacial score (nSPS) is 21.3. The molecule has 5 heteroatoms. The molecule has 1 saturated carbocycles. The lowest BCUT2D eigenvalue weighted by Gasteiger charge is -2.43. The molecule has 0 unspecified atom stereocenters. The topological polar surface area (TPSA) is 46.6 Å². The van der Waals surface area contributed by atoms with Gasteiger partial charge in [-0.15, -0.1) is 0 Å². The molecule has 2 rings (SSSR count). The molecule has 1 aromatic carbocycles. The SMILES string of the molecule is CC(C)[CH]OC(=O)N(C)[C@]1(c2ccccc2Cl)CCCCC1=O. The first-order valence-corrected chi connectivity index (χ1v) is 8.33. The van der Waals surface area contributed by atoms with Gasteiger partial charge < -0.3 is 4.74 Å². The fourth-order valence-electron chi connectivity index (χ4n) is 3.06. The van der Waals surface area contributed by atoms with E-state index in [0.717, 1.165) is 12.8 Å². The summed E-state index contributed by atoms with van der Waals surface area (Å²) in [4.78, 5) is 26.7. The predicted molar refractivity (Wildman–Crippen MR) is 90.0 cm³/mol. The third-order valence-corrected chi connectivity index (χ3v) is 4.59. The first-order chi connectivity index (χ1) is 10.9. The van der Waals surface area contributed by atoms with Gasteiger partial charge in [-0.05, 0) is 31.2 Å². The molecular formula is C18H23ClNO3. The Hall–Kier alpha value is -1.55. The van der Waals surface area contributed by atoms with Crippen LogP contribution >= 0.6 is 11.6 Å². The average molecular weight is 337 g/mol. The molecule has 1 atom stereocenters. The summed E-state index contributed by atoms with van der Waals surface area (Å²) in [6, 6.07) is 7.23. The highest BCUT2D eigenvalue weighted by molar-refractivity contribution is 6.31. The van der Waals surface area contributed by atoms with Crippen molar-refractivity contribution in [2.75, 3.05) is 7.05 Å². The maximum Gasteiger partial charge on any atom is 0.411 e. The lowest BCUT2D eigenvalue weighted by molar-refractivity contribution is -0.133. The summed E-state index contributed by atoms with van der Waals surface area (Å²) < 4.78 is 5.22. The third kappa shape index (κ3) is 3.52. The Kier molecular flexibility index (Phi) is 5.69. The molecule has 4 nitrogen and oxygen atoms in total. The van der Waals surface area contributed by atoms with E-state index >= 15 is 0 Å². The van der Waals surface area contributed by atoms with Crippen molar-refractivity contribution in [1.29, 1.82) is 0 Å². The highest BCUT2D eigenvalue weighted by Gasteiger charge is 2.48. The van der Waals surface area contributed by atoms with Crippen LogP contribution in [0.2, 0.25) is 5.02 Å². The van der Waals surface area contributed by atoms with Gasteiger partial charge in [-0.3, -0.25) is 9.69 Å². The monoisotopic (exact) mass is 336 g/mol. The van der Waals surface area contributed by atoms with E-state index in [9.17, 15) is 9.59 Å². The van der Waals surface area contributed by atoms with Crippen molar-refractivity contribution in [2.45, 2.75) is 45.1 Å². The fourth-order valence-corrected chi connectivity index (χ4v) is 3.35. The number of rotatable bonds is 4. The number of carbonyl (C=O) groups is 2. The second kappa shape index (κ2) is 7.35. The van der Waals surface area contributed by atoms with Crippen LogP contribution in [-0.4, -0.2) is 23.8 Å². The number of likely N-dealkylation sites (N-methyl/N-ethyl adjacent to an activating group) is 1. The fraction of sp³-hybridized carbons (Fsp3) is 0.500. The number of halogens is 1. The highest BCUT2D eigenvalue weighted by atomic mass is 35.5. The molecule has 0 heterocycles. The number of benzene rings is 1. The van der Waals surface area contributed by atoms with Crippen LogP contribution in [0.3, 0.4) is 0 Å². The molecule has 1 aliphatic carbocycles. The largest absolute Gasteiger partial charge is 0.442 e. The zero-order chi connectivity index (χ0) is 17.0. The maximum atomic E-state index is 12.8. The lowest BCUT2D eigenvalue weighted by atomic mass is 9.74. The molecule has 1 aromatic rings. The van der Waals surface area contributed by atoms with Crippen LogP contribution in [0.5, 0.6) is 0 Å². The molecule has 23 heavy (non-hydrogen) atoms. The van der Waals surface area contributed by atoms with Crippen LogP contribution in [0.25, 0.3) is 0 Å². The Morgan fingerprint density at radius 3 is 2.65 bits per heavy atom. The number of nitrogens with zero attached hydrogens (tertiary/aromatic N) is 1. The van der Waals surface area contributed by atoms with E-state index in [1.165, 1.54) is 11.5 Å². The van der Waals surface area contributed by atoms with Gasteiger partial charge >= 0.3 is 6.09 Å². The van der Waals surface area contributed by atoms with Crippen molar-refractivity contribution in [2.24, 2.45) is 5.92 Å². The first-order valence-electron chi connectivity index (χ1n) is 7.95. The van der Waals surface area contributed by atoms with Crippen LogP contribution in [0.1, 0.15) is 45.1 Å². The summed E-state index contributed by atoms with van der Waals surface area (Å²) in [6.07, 6.45) is 2.17. The van der Waals surface area contributed by atoms with Gasteiger partial charge in [-0.1, -0.05) is 43.6 Å². The van der Waals surface area contributed by atoms with Crippen LogP contribution in [0.4, 0.5) is 4.79 Å². The molecule has 0 N–H and O–H groups in total. The Labute approximate surface area is 142 Å². The Balaban J connectivity index is 2.40. The van der Waals surface area contributed by atoms with Crippen molar-refractivity contribution in [3.8, 4) is 0 Å². The number of Topliss-reactive ketones (excluding diaryl/α,β-unsaturated/α-hetero) is 1. The maximum absolute atomic E-state index is 12.8. The summed E-state index contributed by atoms with van der Waals surface area (Å²) in [6.45, 7) is 5.32. The van der Waals surface area contributed by atoms with Gasteiger partial charge in [-0.2, -0.15) is 0 Å². The van der Waals surface area contributed by atoms with Crippen LogP contribution < -0.4 is 0 Å². The molecule has 0 aliphatic heterocycles. The quantitative estimate of drug-likeness (QED) is 0.809. The average Bonchev–Trinajstić information content (AvgIpc) is 2.53. The van der Waals surface area contributed by atoms with Crippen LogP contribution in [-0.2, 0) is 15.1 Å². The molecule has 1 amide bonds. The van der Waals surface area contributed by atoms with Gasteiger partial charge in [0.05, 0.1) is 0 Å². The highest BCUT2D eigenvalue weighted by Crippen LogP contribution is 2.42. The standard InChI is InChI=1S/C18H23ClNO3/c1-13(2)12-23-17(22)20(3)18(11-7-6-10-16(18)21)14-8-4-5-9-15(14)19/h4-5,8-9,12-13H,6-7,10-11H2,1-3H3/t18-/m0/s1. The van der Waals surface area contributed by atoms with Gasteiger partial charge in [0.1, 0.15) is 12.1 Å². The third-order valence-electron chi connectivity index (χ3n) is 4.26. The lowest BCUT2D eigenvalue weighted by Crippen LogP contribution is -2.54. The number of carbonyl (C=O) groups excluding carboxylic acids is 2. The van der Waals surface area contributed by atoms with Crippen LogP contribution in [0.15, 0.2) is 24.3 Å². The molecule has 0 saturated heterocycles. The van der Waals surface area contributed by atoms with Gasteiger partial charge in [0.15, 0.2) is 5.78 Å². The minimum Gasteiger partial charge on any atom is -0.442 e. The minimum atomic E-state index is -1.04. The molecule has 1 fully saturated rings. The van der Waals surface area contributed by atoms with Crippen LogP contribution in [0, 0.1) is 12.5 Å². The van der Waals surface area contributed by atoms with Gasteiger partial charge in [0.2, 0.25) is 0 Å². The zero-order valence-electron chi connectivity index (χ0n) is 13.8. The summed E-state index contributed by atoms with van der Waals surface area (Å²) in [5, 5.41) is 0.496. The van der Waals surface area contributed by atoms with E-state index in [-0.39, 0.29) is 11.7 Å².